The number of fused-ring (bicyclic) bond motifs is 3. The molecule has 0 amide bonds. The zero-order valence-electron chi connectivity index (χ0n) is 29.1. The summed E-state index contributed by atoms with van der Waals surface area (Å²) in [4.78, 5) is 12.9. The van der Waals surface area contributed by atoms with Gasteiger partial charge in [-0.3, -0.25) is 0 Å². The zero-order chi connectivity index (χ0) is 35.1. The number of aromatic nitrogens is 2. The monoisotopic (exact) mass is 680 g/mol. The number of hydrogen-bond acceptors (Lipinski definition) is 4. The fourth-order valence-corrected chi connectivity index (χ4v) is 7.85. The third-order valence-corrected chi connectivity index (χ3v) is 10.6. The van der Waals surface area contributed by atoms with Gasteiger partial charge in [0.25, 0.3) is 0 Å². The maximum absolute atomic E-state index is 5.27. The Balaban J connectivity index is 1.01. The summed E-state index contributed by atoms with van der Waals surface area (Å²) in [5.74, 6) is 0.898. The summed E-state index contributed by atoms with van der Waals surface area (Å²) in [6.07, 6.45) is 5.44. The van der Waals surface area contributed by atoms with Gasteiger partial charge in [-0.15, -0.1) is 0 Å². The molecule has 0 bridgehead atoms. The molecule has 10 rings (SSSR count). The first kappa shape index (κ1) is 31.0. The van der Waals surface area contributed by atoms with Crippen LogP contribution in [0.15, 0.2) is 182 Å². The Hall–Kier alpha value is -6.78. The minimum absolute atomic E-state index is 0.0133. The van der Waals surface area contributed by atoms with Crippen LogP contribution in [-0.4, -0.2) is 9.97 Å². The highest BCUT2D eigenvalue weighted by molar-refractivity contribution is 5.87. The number of hydrogen-bond donors (Lipinski definition) is 1. The first-order valence-corrected chi connectivity index (χ1v) is 18.3. The summed E-state index contributed by atoms with van der Waals surface area (Å²) in [6.45, 7) is 0. The number of allylic oxidation sites excluding steroid dienone is 1. The van der Waals surface area contributed by atoms with E-state index in [1.807, 2.05) is 0 Å². The van der Waals surface area contributed by atoms with Crippen molar-refractivity contribution in [3.05, 3.63) is 204 Å². The summed E-state index contributed by atoms with van der Waals surface area (Å²) >= 11 is 0. The van der Waals surface area contributed by atoms with Gasteiger partial charge in [0.15, 0.2) is 5.82 Å². The number of anilines is 3. The lowest BCUT2D eigenvalue weighted by molar-refractivity contribution is 0.790. The van der Waals surface area contributed by atoms with Crippen molar-refractivity contribution in [2.24, 2.45) is 0 Å². The first-order valence-electron chi connectivity index (χ1n) is 18.3. The Morgan fingerprint density at radius 2 is 1.30 bits per heavy atom. The van der Waals surface area contributed by atoms with Crippen molar-refractivity contribution in [2.75, 3.05) is 10.2 Å². The molecule has 1 N–H and O–H groups in total. The van der Waals surface area contributed by atoms with Gasteiger partial charge < -0.3 is 10.2 Å². The summed E-state index contributed by atoms with van der Waals surface area (Å²) in [7, 11) is 0. The Morgan fingerprint density at radius 1 is 0.547 bits per heavy atom. The summed E-state index contributed by atoms with van der Waals surface area (Å²) in [5.41, 5.74) is 13.6. The molecule has 4 nitrogen and oxygen atoms in total. The average Bonchev–Trinajstić information content (AvgIpc) is 3.63. The van der Waals surface area contributed by atoms with Crippen LogP contribution >= 0.6 is 0 Å². The van der Waals surface area contributed by atoms with Gasteiger partial charge in [0.2, 0.25) is 0 Å². The molecule has 0 fully saturated rings. The smallest absolute Gasteiger partial charge is 0.160 e. The van der Waals surface area contributed by atoms with Crippen molar-refractivity contribution in [1.29, 1.82) is 0 Å². The van der Waals surface area contributed by atoms with Crippen LogP contribution in [0, 0.1) is 0 Å². The molecule has 2 atom stereocenters. The minimum atomic E-state index is -0.0133. The van der Waals surface area contributed by atoms with Crippen molar-refractivity contribution in [3.63, 3.8) is 0 Å². The second-order valence-corrected chi connectivity index (χ2v) is 13.9. The van der Waals surface area contributed by atoms with Gasteiger partial charge in [0.1, 0.15) is 6.17 Å². The van der Waals surface area contributed by atoms with E-state index in [1.165, 1.54) is 33.2 Å². The molecule has 0 spiro atoms. The van der Waals surface area contributed by atoms with Gasteiger partial charge in [-0.2, -0.15) is 0 Å². The molecule has 0 saturated carbocycles. The Morgan fingerprint density at radius 3 is 2.21 bits per heavy atom. The van der Waals surface area contributed by atoms with Crippen LogP contribution in [0.2, 0.25) is 0 Å². The number of rotatable bonds is 6. The van der Waals surface area contributed by atoms with E-state index in [0.717, 1.165) is 57.3 Å². The van der Waals surface area contributed by atoms with Gasteiger partial charge in [0.05, 0.1) is 22.8 Å². The molecule has 1 aromatic heterocycles. The van der Waals surface area contributed by atoms with E-state index in [9.17, 15) is 0 Å². The molecule has 2 heterocycles. The molecule has 252 valence electrons. The lowest BCUT2D eigenvalue weighted by Crippen LogP contribution is -2.23. The van der Waals surface area contributed by atoms with Crippen LogP contribution < -0.4 is 10.2 Å². The molecule has 0 radical (unpaired) electrons. The van der Waals surface area contributed by atoms with Gasteiger partial charge in [0, 0.05) is 22.7 Å². The fourth-order valence-electron chi connectivity index (χ4n) is 7.85. The molecule has 4 heteroatoms. The number of benzene rings is 7. The van der Waals surface area contributed by atoms with E-state index in [-0.39, 0.29) is 12.1 Å². The zero-order valence-corrected chi connectivity index (χ0v) is 29.1. The summed E-state index contributed by atoms with van der Waals surface area (Å²) < 4.78 is 0. The van der Waals surface area contributed by atoms with Gasteiger partial charge >= 0.3 is 0 Å². The first-order chi connectivity index (χ1) is 26.2. The highest BCUT2D eigenvalue weighted by Gasteiger charge is 2.31. The van der Waals surface area contributed by atoms with E-state index in [2.05, 4.69) is 198 Å². The molecule has 7 aromatic carbocycles. The van der Waals surface area contributed by atoms with E-state index in [0.29, 0.717) is 0 Å². The molecule has 1 aliphatic carbocycles. The van der Waals surface area contributed by atoms with E-state index < -0.39 is 0 Å². The van der Waals surface area contributed by atoms with Crippen LogP contribution in [0.25, 0.3) is 50.6 Å². The third-order valence-electron chi connectivity index (χ3n) is 10.6. The predicted molar refractivity (Wildman–Crippen MR) is 219 cm³/mol. The normalized spacial score (nSPS) is 15.9. The Labute approximate surface area is 309 Å². The predicted octanol–water partition coefficient (Wildman–Crippen LogP) is 12.2. The molecule has 2 aliphatic rings. The molecular weight excluding hydrogens is 645 g/mol. The SMILES string of the molecule is C1=CC(c2cc(-c3ccc4ccccc4c3)nc(-c3cccc(-c4ccc(C5Nc6ccccc6N5c5ccccc5)cc4)c3)n2)Cc2ccccc21. The quantitative estimate of drug-likeness (QED) is 0.190. The van der Waals surface area contributed by atoms with Gasteiger partial charge in [-0.25, -0.2) is 9.97 Å². The Bertz CT molecular complexity index is 2640. The van der Waals surface area contributed by atoms with Crippen molar-refractivity contribution in [2.45, 2.75) is 18.5 Å². The van der Waals surface area contributed by atoms with E-state index in [1.54, 1.807) is 0 Å². The molecule has 2 unspecified atom stereocenters. The summed E-state index contributed by atoms with van der Waals surface area (Å²) in [5, 5.41) is 6.18. The van der Waals surface area contributed by atoms with Crippen molar-refractivity contribution >= 4 is 33.9 Å². The highest BCUT2D eigenvalue weighted by atomic mass is 15.3. The molecule has 0 saturated heterocycles. The average molecular weight is 681 g/mol. The largest absolute Gasteiger partial charge is 0.359 e. The summed E-state index contributed by atoms with van der Waals surface area (Å²) in [6, 6.07) is 62.6. The fraction of sp³-hybridized carbons (Fsp3) is 0.0612. The van der Waals surface area contributed by atoms with Crippen LogP contribution in [-0.2, 0) is 6.42 Å². The second kappa shape index (κ2) is 13.1. The van der Waals surface area contributed by atoms with Gasteiger partial charge in [-0.05, 0) is 87.5 Å². The maximum Gasteiger partial charge on any atom is 0.160 e. The minimum Gasteiger partial charge on any atom is -0.359 e. The van der Waals surface area contributed by atoms with E-state index >= 15 is 0 Å². The number of para-hydroxylation sites is 3. The molecular formula is C49H36N4. The maximum atomic E-state index is 5.27. The number of nitrogens with zero attached hydrogens (tertiary/aromatic N) is 3. The highest BCUT2D eigenvalue weighted by Crippen LogP contribution is 2.46. The van der Waals surface area contributed by atoms with E-state index in [4.69, 9.17) is 9.97 Å². The van der Waals surface area contributed by atoms with Crippen molar-refractivity contribution in [1.82, 2.24) is 9.97 Å². The third kappa shape index (κ3) is 5.84. The van der Waals surface area contributed by atoms with Crippen molar-refractivity contribution < 1.29 is 0 Å². The lowest BCUT2D eigenvalue weighted by Gasteiger charge is -2.27. The van der Waals surface area contributed by atoms with Crippen LogP contribution in [0.1, 0.15) is 34.5 Å². The van der Waals surface area contributed by atoms with Gasteiger partial charge in [-0.1, -0.05) is 146 Å². The molecule has 53 heavy (non-hydrogen) atoms. The van der Waals surface area contributed by atoms with Crippen LogP contribution in [0.5, 0.6) is 0 Å². The van der Waals surface area contributed by atoms with Crippen LogP contribution in [0.4, 0.5) is 17.1 Å². The van der Waals surface area contributed by atoms with Crippen molar-refractivity contribution in [3.8, 4) is 33.8 Å². The number of nitrogens with one attached hydrogen (secondary N) is 1. The molecule has 1 aliphatic heterocycles. The standard InChI is InChI=1S/C49H36N4/c1-2-17-43(18-3-1)53-47-20-9-8-19-44(47)52-49(53)36-25-21-35(22-26-36)39-15-10-16-42(31-39)48-50-45(40-27-23-33-11-4-6-13-37(33)29-40)32-46(51-48)41-28-24-34-12-5-7-14-38(34)30-41/h1-29,31-32,41,49,52H,30H2. The second-order valence-electron chi connectivity index (χ2n) is 13.9. The van der Waals surface area contributed by atoms with Crippen LogP contribution in [0.3, 0.4) is 0 Å². The molecule has 8 aromatic rings. The lowest BCUT2D eigenvalue weighted by atomic mass is 9.87. The Kier molecular flexibility index (Phi) is 7.65. The topological polar surface area (TPSA) is 41.1 Å².